The number of nitro groups is 1. The maximum absolute atomic E-state index is 11.7. The van der Waals surface area contributed by atoms with Crippen molar-refractivity contribution in [1.82, 2.24) is 9.55 Å². The highest BCUT2D eigenvalue weighted by Gasteiger charge is 2.14. The van der Waals surface area contributed by atoms with Crippen LogP contribution in [0.25, 0.3) is 0 Å². The van der Waals surface area contributed by atoms with Crippen molar-refractivity contribution in [2.24, 2.45) is 0 Å². The molecule has 0 bridgehead atoms. The Morgan fingerprint density at radius 2 is 2.17 bits per heavy atom. The van der Waals surface area contributed by atoms with E-state index in [0.29, 0.717) is 0 Å². The van der Waals surface area contributed by atoms with Crippen LogP contribution < -0.4 is 5.56 Å². The van der Waals surface area contributed by atoms with Crippen molar-refractivity contribution >= 4 is 29.1 Å². The summed E-state index contributed by atoms with van der Waals surface area (Å²) < 4.78 is 6.05. The van der Waals surface area contributed by atoms with Crippen molar-refractivity contribution in [2.45, 2.75) is 6.54 Å². The van der Waals surface area contributed by atoms with Crippen LogP contribution in [-0.2, 0) is 6.54 Å². The molecule has 0 aliphatic heterocycles. The first-order valence-electron chi connectivity index (χ1n) is 4.62. The van der Waals surface area contributed by atoms with Gasteiger partial charge in [-0.15, -0.1) is 0 Å². The fourth-order valence-corrected chi connectivity index (χ4v) is 1.56. The van der Waals surface area contributed by atoms with E-state index >= 15 is 0 Å². The first-order valence-corrected chi connectivity index (χ1v) is 5.38. The molecule has 18 heavy (non-hydrogen) atoms. The van der Waals surface area contributed by atoms with Crippen LogP contribution in [0.5, 0.6) is 0 Å². The van der Waals surface area contributed by atoms with Gasteiger partial charge in [-0.3, -0.25) is 19.5 Å². The van der Waals surface area contributed by atoms with Gasteiger partial charge in [-0.1, -0.05) is 23.2 Å². The molecule has 94 valence electrons. The number of hydrogen-bond acceptors (Lipinski definition) is 5. The third-order valence-electron chi connectivity index (χ3n) is 2.09. The van der Waals surface area contributed by atoms with Crippen LogP contribution in [0.15, 0.2) is 27.7 Å². The van der Waals surface area contributed by atoms with Crippen molar-refractivity contribution in [3.05, 3.63) is 54.9 Å². The molecule has 0 amide bonds. The van der Waals surface area contributed by atoms with Crippen molar-refractivity contribution in [1.29, 1.82) is 0 Å². The van der Waals surface area contributed by atoms with E-state index in [1.54, 1.807) is 0 Å². The van der Waals surface area contributed by atoms with Crippen LogP contribution in [0, 0.1) is 10.1 Å². The standard InChI is InChI=1S/C9H5Cl2N3O4/c10-7-8(11)12-4-13(9(7)15)3-5-1-2-6(18-5)14(16)17/h1-2,4H,3H2. The summed E-state index contributed by atoms with van der Waals surface area (Å²) in [6.45, 7) is -0.0173. The van der Waals surface area contributed by atoms with Crippen molar-refractivity contribution in [3.63, 3.8) is 0 Å². The van der Waals surface area contributed by atoms with E-state index in [4.69, 9.17) is 27.6 Å². The molecule has 9 heteroatoms. The molecule has 7 nitrogen and oxygen atoms in total. The second-order valence-electron chi connectivity index (χ2n) is 3.28. The molecule has 0 radical (unpaired) electrons. The molecule has 0 aromatic carbocycles. The molecule has 0 fully saturated rings. The Kier molecular flexibility index (Phi) is 3.35. The first kappa shape index (κ1) is 12.6. The van der Waals surface area contributed by atoms with E-state index in [0.717, 1.165) is 4.57 Å². The lowest BCUT2D eigenvalue weighted by Crippen LogP contribution is -2.21. The molecule has 0 N–H and O–H groups in total. The summed E-state index contributed by atoms with van der Waals surface area (Å²) in [4.78, 5) is 25.1. The molecule has 0 aliphatic carbocycles. The second kappa shape index (κ2) is 4.79. The highest BCUT2D eigenvalue weighted by atomic mass is 35.5. The Bertz CT molecular complexity index is 664. The van der Waals surface area contributed by atoms with Crippen LogP contribution in [0.3, 0.4) is 0 Å². The minimum Gasteiger partial charge on any atom is -0.404 e. The van der Waals surface area contributed by atoms with Crippen LogP contribution in [-0.4, -0.2) is 14.5 Å². The lowest BCUT2D eigenvalue weighted by molar-refractivity contribution is -0.402. The summed E-state index contributed by atoms with van der Waals surface area (Å²) in [7, 11) is 0. The molecule has 2 aromatic heterocycles. The van der Waals surface area contributed by atoms with E-state index in [9.17, 15) is 14.9 Å². The molecule has 0 spiro atoms. The largest absolute Gasteiger partial charge is 0.433 e. The fourth-order valence-electron chi connectivity index (χ4n) is 1.27. The van der Waals surface area contributed by atoms with Crippen LogP contribution >= 0.6 is 23.2 Å². The molecular formula is C9H5Cl2N3O4. The fraction of sp³-hybridized carbons (Fsp3) is 0.111. The Labute approximate surface area is 110 Å². The Balaban J connectivity index is 2.31. The van der Waals surface area contributed by atoms with Crippen molar-refractivity contribution < 1.29 is 9.34 Å². The Morgan fingerprint density at radius 1 is 1.44 bits per heavy atom. The molecule has 2 aromatic rings. The lowest BCUT2D eigenvalue weighted by atomic mass is 10.4. The zero-order valence-electron chi connectivity index (χ0n) is 8.67. The van der Waals surface area contributed by atoms with Gasteiger partial charge < -0.3 is 4.42 Å². The van der Waals surface area contributed by atoms with Gasteiger partial charge in [0.15, 0.2) is 5.15 Å². The molecule has 2 rings (SSSR count). The molecule has 0 aliphatic rings. The Hall–Kier alpha value is -1.86. The quantitative estimate of drug-likeness (QED) is 0.490. The maximum Gasteiger partial charge on any atom is 0.433 e. The molecule has 0 atom stereocenters. The van der Waals surface area contributed by atoms with Gasteiger partial charge in [0, 0.05) is 0 Å². The Morgan fingerprint density at radius 3 is 2.78 bits per heavy atom. The van der Waals surface area contributed by atoms with Gasteiger partial charge in [0.25, 0.3) is 5.56 Å². The summed E-state index contributed by atoms with van der Waals surface area (Å²) in [5.74, 6) is -0.157. The van der Waals surface area contributed by atoms with E-state index in [1.807, 2.05) is 0 Å². The van der Waals surface area contributed by atoms with E-state index in [2.05, 4.69) is 4.98 Å². The average molecular weight is 290 g/mol. The topological polar surface area (TPSA) is 91.2 Å². The molecule has 0 saturated carbocycles. The first-order chi connectivity index (χ1) is 8.49. The zero-order chi connectivity index (χ0) is 13.3. The minimum absolute atomic E-state index is 0.0173. The minimum atomic E-state index is -0.667. The predicted octanol–water partition coefficient (Wildman–Crippen LogP) is 2.10. The lowest BCUT2D eigenvalue weighted by Gasteiger charge is -2.03. The molecule has 2 heterocycles. The van der Waals surface area contributed by atoms with Gasteiger partial charge in [-0.05, 0) is 6.07 Å². The van der Waals surface area contributed by atoms with Crippen LogP contribution in [0.4, 0.5) is 5.88 Å². The third-order valence-corrected chi connectivity index (χ3v) is 2.82. The second-order valence-corrected chi connectivity index (χ2v) is 4.02. The predicted molar refractivity (Wildman–Crippen MR) is 63.0 cm³/mol. The normalized spacial score (nSPS) is 10.6. The van der Waals surface area contributed by atoms with Crippen molar-refractivity contribution in [2.75, 3.05) is 0 Å². The SMILES string of the molecule is O=c1c(Cl)c(Cl)ncn1Cc1ccc([N+](=O)[O-])o1. The number of nitrogens with zero attached hydrogens (tertiary/aromatic N) is 3. The van der Waals surface area contributed by atoms with E-state index in [1.165, 1.54) is 18.5 Å². The number of furan rings is 1. The highest BCUT2D eigenvalue weighted by molar-refractivity contribution is 6.40. The van der Waals surface area contributed by atoms with Gasteiger partial charge in [-0.25, -0.2) is 4.98 Å². The number of aromatic nitrogens is 2. The average Bonchev–Trinajstić information content (AvgIpc) is 2.79. The van der Waals surface area contributed by atoms with Gasteiger partial charge in [-0.2, -0.15) is 0 Å². The van der Waals surface area contributed by atoms with Crippen LogP contribution in [0.1, 0.15) is 5.76 Å². The molecule has 0 unspecified atom stereocenters. The highest BCUT2D eigenvalue weighted by Crippen LogP contribution is 2.17. The summed E-state index contributed by atoms with van der Waals surface area (Å²) in [5, 5.41) is 10.1. The number of rotatable bonds is 3. The maximum atomic E-state index is 11.7. The molecule has 0 saturated heterocycles. The van der Waals surface area contributed by atoms with E-state index < -0.39 is 16.4 Å². The summed E-state index contributed by atoms with van der Waals surface area (Å²) in [6.07, 6.45) is 1.19. The van der Waals surface area contributed by atoms with Crippen molar-refractivity contribution in [3.8, 4) is 0 Å². The van der Waals surface area contributed by atoms with Gasteiger partial charge in [0.05, 0.1) is 18.9 Å². The smallest absolute Gasteiger partial charge is 0.404 e. The number of halogens is 2. The third kappa shape index (κ3) is 2.36. The van der Waals surface area contributed by atoms with Crippen LogP contribution in [0.2, 0.25) is 10.2 Å². The molecular weight excluding hydrogens is 285 g/mol. The van der Waals surface area contributed by atoms with E-state index in [-0.39, 0.29) is 22.5 Å². The van der Waals surface area contributed by atoms with Gasteiger partial charge in [0.1, 0.15) is 15.7 Å². The monoisotopic (exact) mass is 289 g/mol. The van der Waals surface area contributed by atoms with Gasteiger partial charge >= 0.3 is 5.88 Å². The zero-order valence-corrected chi connectivity index (χ0v) is 10.2. The summed E-state index contributed by atoms with van der Waals surface area (Å²) in [5.41, 5.74) is -0.546. The van der Waals surface area contributed by atoms with Gasteiger partial charge in [0.2, 0.25) is 0 Å². The number of hydrogen-bond donors (Lipinski definition) is 0. The summed E-state index contributed by atoms with van der Waals surface area (Å²) >= 11 is 11.2. The summed E-state index contributed by atoms with van der Waals surface area (Å²) in [6, 6.07) is 2.60.